The molecule has 0 bridgehead atoms. The summed E-state index contributed by atoms with van der Waals surface area (Å²) < 4.78 is 5.92. The number of benzene rings is 3. The minimum atomic E-state index is 0.436. The fourth-order valence-corrected chi connectivity index (χ4v) is 2.06. The number of anilines is 1. The highest BCUT2D eigenvalue weighted by atomic mass is 16.5. The van der Waals surface area contributed by atoms with Crippen molar-refractivity contribution in [2.24, 2.45) is 4.99 Å². The molecule has 0 unspecified atom stereocenters. The Balaban J connectivity index is 1.86. The van der Waals surface area contributed by atoms with Gasteiger partial charge in [0.2, 0.25) is 0 Å². The fraction of sp³-hybridized carbons (Fsp3) is 0.0500. The molecule has 1 N–H and O–H groups in total. The van der Waals surface area contributed by atoms with Crippen LogP contribution in [0, 0.1) is 6.92 Å². The van der Waals surface area contributed by atoms with Gasteiger partial charge in [0.05, 0.1) is 5.69 Å². The van der Waals surface area contributed by atoms with Crippen LogP contribution in [-0.2, 0) is 0 Å². The van der Waals surface area contributed by atoms with Gasteiger partial charge in [0.1, 0.15) is 5.75 Å². The number of nitrogens with zero attached hydrogens (tertiary/aromatic N) is 1. The molecule has 3 aromatic carbocycles. The summed E-state index contributed by atoms with van der Waals surface area (Å²) in [5.41, 5.74) is 2.95. The van der Waals surface area contributed by atoms with Crippen molar-refractivity contribution in [3.05, 3.63) is 90.5 Å². The zero-order valence-corrected chi connectivity index (χ0v) is 12.9. The molecular weight excluding hydrogens is 284 g/mol. The van der Waals surface area contributed by atoms with Crippen LogP contribution < -0.4 is 10.1 Å². The first kappa shape index (κ1) is 14.9. The van der Waals surface area contributed by atoms with Gasteiger partial charge in [-0.25, -0.2) is 0 Å². The first-order chi connectivity index (χ1) is 11.3. The van der Waals surface area contributed by atoms with Gasteiger partial charge in [-0.3, -0.25) is 0 Å². The minimum absolute atomic E-state index is 0.436. The third-order valence-electron chi connectivity index (χ3n) is 3.25. The van der Waals surface area contributed by atoms with Crippen molar-refractivity contribution in [2.45, 2.75) is 6.92 Å². The summed E-state index contributed by atoms with van der Waals surface area (Å²) in [6.07, 6.45) is 0. The first-order valence-electron chi connectivity index (χ1n) is 7.50. The third kappa shape index (κ3) is 4.45. The molecule has 23 heavy (non-hydrogen) atoms. The molecule has 0 saturated carbocycles. The zero-order valence-electron chi connectivity index (χ0n) is 12.9. The van der Waals surface area contributed by atoms with Gasteiger partial charge in [-0.2, -0.15) is 4.99 Å². The van der Waals surface area contributed by atoms with E-state index in [1.165, 1.54) is 5.56 Å². The average Bonchev–Trinajstić information content (AvgIpc) is 2.59. The highest BCUT2D eigenvalue weighted by molar-refractivity contribution is 5.92. The van der Waals surface area contributed by atoms with Crippen molar-refractivity contribution in [1.29, 1.82) is 0 Å². The van der Waals surface area contributed by atoms with Crippen LogP contribution in [0.2, 0.25) is 0 Å². The molecule has 0 saturated heterocycles. The lowest BCUT2D eigenvalue weighted by atomic mass is 10.2. The molecule has 0 aliphatic heterocycles. The van der Waals surface area contributed by atoms with Gasteiger partial charge in [0.15, 0.2) is 0 Å². The van der Waals surface area contributed by atoms with Gasteiger partial charge in [0, 0.05) is 5.69 Å². The molecule has 0 amide bonds. The maximum atomic E-state index is 5.92. The van der Waals surface area contributed by atoms with Crippen molar-refractivity contribution in [2.75, 3.05) is 5.32 Å². The quantitative estimate of drug-likeness (QED) is 0.534. The summed E-state index contributed by atoms with van der Waals surface area (Å²) in [4.78, 5) is 4.55. The Bertz CT molecular complexity index is 766. The molecule has 0 aromatic heterocycles. The second kappa shape index (κ2) is 7.27. The number of aryl methyl sites for hydroxylation is 1. The van der Waals surface area contributed by atoms with Crippen LogP contribution in [0.4, 0.5) is 11.4 Å². The molecule has 0 spiro atoms. The Labute approximate surface area is 136 Å². The Hall–Kier alpha value is -3.07. The lowest BCUT2D eigenvalue weighted by Crippen LogP contribution is -2.19. The van der Waals surface area contributed by atoms with Crippen molar-refractivity contribution in [3.63, 3.8) is 0 Å². The van der Waals surface area contributed by atoms with Crippen molar-refractivity contribution in [1.82, 2.24) is 0 Å². The smallest absolute Gasteiger partial charge is 0.300 e. The summed E-state index contributed by atoms with van der Waals surface area (Å²) in [6.45, 7) is 2.05. The maximum Gasteiger partial charge on any atom is 0.300 e. The largest absolute Gasteiger partial charge is 0.426 e. The normalized spacial score (nSPS) is 11.1. The molecule has 0 fully saturated rings. The lowest BCUT2D eigenvalue weighted by Gasteiger charge is -2.11. The Kier molecular flexibility index (Phi) is 4.69. The van der Waals surface area contributed by atoms with Gasteiger partial charge >= 0.3 is 0 Å². The van der Waals surface area contributed by atoms with Crippen molar-refractivity contribution < 1.29 is 4.74 Å². The summed E-state index contributed by atoms with van der Waals surface area (Å²) in [7, 11) is 0. The summed E-state index contributed by atoms with van der Waals surface area (Å²) >= 11 is 0. The maximum absolute atomic E-state index is 5.92. The SMILES string of the molecule is Cc1ccc(O/C(=N\c2ccccc2)Nc2ccccc2)cc1. The summed E-state index contributed by atoms with van der Waals surface area (Å²) in [5.74, 6) is 0.744. The second-order valence-electron chi connectivity index (χ2n) is 5.16. The summed E-state index contributed by atoms with van der Waals surface area (Å²) in [6, 6.07) is 27.9. The average molecular weight is 302 g/mol. The van der Waals surface area contributed by atoms with Crippen LogP contribution in [0.15, 0.2) is 89.9 Å². The zero-order chi connectivity index (χ0) is 15.9. The van der Waals surface area contributed by atoms with Gasteiger partial charge < -0.3 is 10.1 Å². The van der Waals surface area contributed by atoms with E-state index in [-0.39, 0.29) is 0 Å². The predicted octanol–water partition coefficient (Wildman–Crippen LogP) is 5.17. The molecule has 0 aliphatic rings. The fourth-order valence-electron chi connectivity index (χ4n) is 2.06. The van der Waals surface area contributed by atoms with Crippen LogP contribution in [-0.4, -0.2) is 6.02 Å². The number of nitrogens with one attached hydrogen (secondary N) is 1. The van der Waals surface area contributed by atoms with Crippen LogP contribution in [0.1, 0.15) is 5.56 Å². The molecule has 0 aliphatic carbocycles. The highest BCUT2D eigenvalue weighted by Gasteiger charge is 2.04. The monoisotopic (exact) mass is 302 g/mol. The van der Waals surface area contributed by atoms with E-state index in [0.29, 0.717) is 6.02 Å². The molecular formula is C20H18N2O. The number of ether oxygens (including phenoxy) is 1. The van der Waals surface area contributed by atoms with Crippen molar-refractivity contribution in [3.8, 4) is 5.75 Å². The number of hydrogen-bond donors (Lipinski definition) is 1. The predicted molar refractivity (Wildman–Crippen MR) is 95.4 cm³/mol. The van der Waals surface area contributed by atoms with E-state index in [0.717, 1.165) is 17.1 Å². The molecule has 3 aromatic rings. The number of aliphatic imine (C=N–C) groups is 1. The van der Waals surface area contributed by atoms with E-state index in [4.69, 9.17) is 4.74 Å². The Morgan fingerprint density at radius 1 is 0.783 bits per heavy atom. The second-order valence-corrected chi connectivity index (χ2v) is 5.16. The first-order valence-corrected chi connectivity index (χ1v) is 7.50. The minimum Gasteiger partial charge on any atom is -0.426 e. The van der Waals surface area contributed by atoms with Crippen LogP contribution in [0.3, 0.4) is 0 Å². The molecule has 3 rings (SSSR count). The van der Waals surface area contributed by atoms with E-state index in [9.17, 15) is 0 Å². The van der Waals surface area contributed by atoms with E-state index in [2.05, 4.69) is 10.3 Å². The number of amidine groups is 1. The van der Waals surface area contributed by atoms with Gasteiger partial charge in [-0.15, -0.1) is 0 Å². The van der Waals surface area contributed by atoms with E-state index in [1.54, 1.807) is 0 Å². The number of rotatable bonds is 3. The van der Waals surface area contributed by atoms with E-state index in [1.807, 2.05) is 91.9 Å². The Morgan fingerprint density at radius 2 is 1.39 bits per heavy atom. The molecule has 0 radical (unpaired) electrons. The van der Waals surface area contributed by atoms with Gasteiger partial charge in [0.25, 0.3) is 6.02 Å². The summed E-state index contributed by atoms with van der Waals surface area (Å²) in [5, 5.41) is 3.22. The van der Waals surface area contributed by atoms with E-state index < -0.39 is 0 Å². The molecule has 3 nitrogen and oxygen atoms in total. The molecule has 0 atom stereocenters. The molecule has 3 heteroatoms. The van der Waals surface area contributed by atoms with Crippen molar-refractivity contribution >= 4 is 17.4 Å². The molecule has 114 valence electrons. The van der Waals surface area contributed by atoms with Crippen LogP contribution in [0.5, 0.6) is 5.75 Å². The molecule has 0 heterocycles. The highest BCUT2D eigenvalue weighted by Crippen LogP contribution is 2.16. The topological polar surface area (TPSA) is 33.6 Å². The lowest BCUT2D eigenvalue weighted by molar-refractivity contribution is 0.549. The standard InChI is InChI=1S/C20H18N2O/c1-16-12-14-19(15-13-16)23-20(21-17-8-4-2-5-9-17)22-18-10-6-3-7-11-18/h2-15H,1H3,(H,21,22). The van der Waals surface area contributed by atoms with Gasteiger partial charge in [-0.05, 0) is 43.3 Å². The number of hydrogen-bond acceptors (Lipinski definition) is 2. The van der Waals surface area contributed by atoms with E-state index >= 15 is 0 Å². The Morgan fingerprint density at radius 3 is 2.04 bits per heavy atom. The number of para-hydroxylation sites is 2. The van der Waals surface area contributed by atoms with Crippen LogP contribution in [0.25, 0.3) is 0 Å². The van der Waals surface area contributed by atoms with Gasteiger partial charge in [-0.1, -0.05) is 54.1 Å². The third-order valence-corrected chi connectivity index (χ3v) is 3.25. The van der Waals surface area contributed by atoms with Crippen LogP contribution >= 0.6 is 0 Å².